The van der Waals surface area contributed by atoms with E-state index in [-0.39, 0.29) is 6.10 Å². The summed E-state index contributed by atoms with van der Waals surface area (Å²) in [5, 5.41) is 12.5. The molecule has 11 heavy (non-hydrogen) atoms. The molecule has 2 aliphatic rings. The van der Waals surface area contributed by atoms with Gasteiger partial charge in [0.1, 0.15) is 0 Å². The molecule has 2 saturated carbocycles. The van der Waals surface area contributed by atoms with Crippen LogP contribution in [0.15, 0.2) is 0 Å². The van der Waals surface area contributed by atoms with Crippen molar-refractivity contribution >= 4 is 0 Å². The van der Waals surface area contributed by atoms with Gasteiger partial charge in [-0.1, -0.05) is 12.8 Å². The Morgan fingerprint density at radius 1 is 1.27 bits per heavy atom. The lowest BCUT2D eigenvalue weighted by molar-refractivity contribution is 0.0625. The first-order valence-corrected chi connectivity index (χ1v) is 4.76. The number of rotatable bonds is 4. The standard InChI is InChI=1S/C9H17NO/c11-9-5-8(6-9)10-4-3-7-1-2-7/h7-11H,1-6H2. The van der Waals surface area contributed by atoms with Gasteiger partial charge in [-0.05, 0) is 31.7 Å². The van der Waals surface area contributed by atoms with E-state index in [4.69, 9.17) is 5.11 Å². The average molecular weight is 155 g/mol. The Kier molecular flexibility index (Phi) is 2.14. The molecule has 0 unspecified atom stereocenters. The Morgan fingerprint density at radius 2 is 2.00 bits per heavy atom. The molecule has 0 heterocycles. The highest BCUT2D eigenvalue weighted by Crippen LogP contribution is 2.32. The Balaban J connectivity index is 1.47. The molecule has 0 amide bonds. The minimum Gasteiger partial charge on any atom is -0.393 e. The van der Waals surface area contributed by atoms with Crippen molar-refractivity contribution in [1.29, 1.82) is 0 Å². The topological polar surface area (TPSA) is 32.3 Å². The minimum atomic E-state index is -0.00609. The number of nitrogens with one attached hydrogen (secondary N) is 1. The highest BCUT2D eigenvalue weighted by molar-refractivity contribution is 4.85. The smallest absolute Gasteiger partial charge is 0.0570 e. The van der Waals surface area contributed by atoms with Gasteiger partial charge in [-0.25, -0.2) is 0 Å². The van der Waals surface area contributed by atoms with E-state index < -0.39 is 0 Å². The Hall–Kier alpha value is -0.0800. The van der Waals surface area contributed by atoms with Crippen LogP contribution in [0.25, 0.3) is 0 Å². The first kappa shape index (κ1) is 7.56. The van der Waals surface area contributed by atoms with Gasteiger partial charge >= 0.3 is 0 Å². The third-order valence-corrected chi connectivity index (χ3v) is 2.80. The first-order valence-electron chi connectivity index (χ1n) is 4.76. The van der Waals surface area contributed by atoms with Gasteiger partial charge in [0.25, 0.3) is 0 Å². The van der Waals surface area contributed by atoms with E-state index in [0.29, 0.717) is 6.04 Å². The third-order valence-electron chi connectivity index (χ3n) is 2.80. The van der Waals surface area contributed by atoms with Crippen LogP contribution in [0, 0.1) is 5.92 Å². The van der Waals surface area contributed by atoms with Gasteiger partial charge in [0.15, 0.2) is 0 Å². The van der Waals surface area contributed by atoms with Crippen LogP contribution in [0.5, 0.6) is 0 Å². The van der Waals surface area contributed by atoms with Crippen molar-refractivity contribution < 1.29 is 5.11 Å². The summed E-state index contributed by atoms with van der Waals surface area (Å²) >= 11 is 0. The maximum absolute atomic E-state index is 9.00. The summed E-state index contributed by atoms with van der Waals surface area (Å²) in [6.07, 6.45) is 6.21. The van der Waals surface area contributed by atoms with Gasteiger partial charge in [0.2, 0.25) is 0 Å². The summed E-state index contributed by atoms with van der Waals surface area (Å²) in [6.45, 7) is 1.17. The van der Waals surface area contributed by atoms with Crippen molar-refractivity contribution in [3.63, 3.8) is 0 Å². The normalized spacial score (nSPS) is 36.8. The number of aliphatic hydroxyl groups is 1. The van der Waals surface area contributed by atoms with Gasteiger partial charge in [0.05, 0.1) is 6.10 Å². The van der Waals surface area contributed by atoms with Crippen molar-refractivity contribution in [3.05, 3.63) is 0 Å². The number of hydrogen-bond donors (Lipinski definition) is 2. The Labute approximate surface area is 68.0 Å². The number of hydrogen-bond acceptors (Lipinski definition) is 2. The molecule has 0 atom stereocenters. The van der Waals surface area contributed by atoms with E-state index in [1.165, 1.54) is 25.8 Å². The van der Waals surface area contributed by atoms with E-state index in [1.807, 2.05) is 0 Å². The molecule has 2 N–H and O–H groups in total. The van der Waals surface area contributed by atoms with Crippen LogP contribution in [-0.4, -0.2) is 23.8 Å². The van der Waals surface area contributed by atoms with Crippen LogP contribution >= 0.6 is 0 Å². The van der Waals surface area contributed by atoms with Crippen molar-refractivity contribution in [2.24, 2.45) is 5.92 Å². The summed E-state index contributed by atoms with van der Waals surface area (Å²) in [5.41, 5.74) is 0. The van der Waals surface area contributed by atoms with E-state index in [9.17, 15) is 0 Å². The van der Waals surface area contributed by atoms with Crippen LogP contribution in [0.4, 0.5) is 0 Å². The summed E-state index contributed by atoms with van der Waals surface area (Å²) in [6, 6.07) is 0.628. The third kappa shape index (κ3) is 2.17. The van der Waals surface area contributed by atoms with Crippen molar-refractivity contribution in [1.82, 2.24) is 5.32 Å². The predicted octanol–water partition coefficient (Wildman–Crippen LogP) is 0.899. The molecular formula is C9H17NO. The van der Waals surface area contributed by atoms with E-state index in [2.05, 4.69) is 5.32 Å². The molecule has 0 spiro atoms. The van der Waals surface area contributed by atoms with Gasteiger partial charge in [-0.3, -0.25) is 0 Å². The van der Waals surface area contributed by atoms with Crippen LogP contribution < -0.4 is 5.32 Å². The second-order valence-electron chi connectivity index (χ2n) is 4.01. The highest BCUT2D eigenvalue weighted by Gasteiger charge is 2.27. The monoisotopic (exact) mass is 155 g/mol. The van der Waals surface area contributed by atoms with Crippen LogP contribution in [0.1, 0.15) is 32.1 Å². The lowest BCUT2D eigenvalue weighted by Crippen LogP contribution is -2.44. The summed E-state index contributed by atoms with van der Waals surface area (Å²) in [4.78, 5) is 0. The molecule has 0 aromatic rings. The SMILES string of the molecule is OC1CC(NCCC2CC2)C1. The number of aliphatic hydroxyl groups excluding tert-OH is 1. The zero-order valence-corrected chi connectivity index (χ0v) is 6.92. The first-order chi connectivity index (χ1) is 5.34. The molecule has 0 saturated heterocycles. The molecule has 0 aromatic carbocycles. The fraction of sp³-hybridized carbons (Fsp3) is 1.00. The van der Waals surface area contributed by atoms with Crippen molar-refractivity contribution in [3.8, 4) is 0 Å². The zero-order chi connectivity index (χ0) is 7.68. The van der Waals surface area contributed by atoms with Gasteiger partial charge < -0.3 is 10.4 Å². The van der Waals surface area contributed by atoms with Crippen molar-refractivity contribution in [2.75, 3.05) is 6.54 Å². The predicted molar refractivity (Wildman–Crippen MR) is 44.4 cm³/mol. The van der Waals surface area contributed by atoms with Gasteiger partial charge in [-0.2, -0.15) is 0 Å². The molecule has 0 bridgehead atoms. The molecule has 2 aliphatic carbocycles. The summed E-state index contributed by atoms with van der Waals surface area (Å²) in [7, 11) is 0. The molecule has 2 heteroatoms. The Morgan fingerprint density at radius 3 is 2.55 bits per heavy atom. The van der Waals surface area contributed by atoms with E-state index in [0.717, 1.165) is 18.8 Å². The second kappa shape index (κ2) is 3.11. The molecule has 0 radical (unpaired) electrons. The maximum atomic E-state index is 9.00. The van der Waals surface area contributed by atoms with Gasteiger partial charge in [0, 0.05) is 6.04 Å². The summed E-state index contributed by atoms with van der Waals surface area (Å²) in [5.74, 6) is 1.03. The summed E-state index contributed by atoms with van der Waals surface area (Å²) < 4.78 is 0. The zero-order valence-electron chi connectivity index (χ0n) is 6.92. The largest absolute Gasteiger partial charge is 0.393 e. The Bertz CT molecular complexity index is 128. The molecule has 2 nitrogen and oxygen atoms in total. The molecule has 0 aliphatic heterocycles. The molecule has 0 aromatic heterocycles. The van der Waals surface area contributed by atoms with Crippen LogP contribution in [0.2, 0.25) is 0 Å². The lowest BCUT2D eigenvalue weighted by atomic mass is 9.89. The maximum Gasteiger partial charge on any atom is 0.0570 e. The minimum absolute atomic E-state index is 0.00609. The molecule has 64 valence electrons. The average Bonchev–Trinajstić information content (AvgIpc) is 2.67. The van der Waals surface area contributed by atoms with Gasteiger partial charge in [-0.15, -0.1) is 0 Å². The van der Waals surface area contributed by atoms with Crippen LogP contribution in [-0.2, 0) is 0 Å². The lowest BCUT2D eigenvalue weighted by Gasteiger charge is -2.32. The quantitative estimate of drug-likeness (QED) is 0.632. The second-order valence-corrected chi connectivity index (χ2v) is 4.01. The van der Waals surface area contributed by atoms with Crippen molar-refractivity contribution in [2.45, 2.75) is 44.2 Å². The van der Waals surface area contributed by atoms with E-state index >= 15 is 0 Å². The van der Waals surface area contributed by atoms with Crippen LogP contribution in [0.3, 0.4) is 0 Å². The van der Waals surface area contributed by atoms with E-state index in [1.54, 1.807) is 0 Å². The fourth-order valence-corrected chi connectivity index (χ4v) is 1.65. The highest BCUT2D eigenvalue weighted by atomic mass is 16.3. The molecular weight excluding hydrogens is 138 g/mol. The molecule has 2 fully saturated rings. The fourth-order valence-electron chi connectivity index (χ4n) is 1.65. The molecule has 2 rings (SSSR count).